The van der Waals surface area contributed by atoms with Gasteiger partial charge in [-0.25, -0.2) is 9.37 Å². The van der Waals surface area contributed by atoms with Gasteiger partial charge in [-0.1, -0.05) is 0 Å². The van der Waals surface area contributed by atoms with Crippen molar-refractivity contribution in [3.8, 4) is 0 Å². The molecule has 7 heteroatoms. The highest BCUT2D eigenvalue weighted by molar-refractivity contribution is 5.95. The zero-order chi connectivity index (χ0) is 13.5. The summed E-state index contributed by atoms with van der Waals surface area (Å²) in [7, 11) is 1.50. The third-order valence-electron chi connectivity index (χ3n) is 2.38. The first kappa shape index (κ1) is 14.3. The fourth-order valence-corrected chi connectivity index (χ4v) is 1.51. The molecule has 0 aliphatic rings. The van der Waals surface area contributed by atoms with Gasteiger partial charge < -0.3 is 20.4 Å². The monoisotopic (exact) mass is 257 g/mol. The van der Waals surface area contributed by atoms with Crippen molar-refractivity contribution in [1.29, 1.82) is 0 Å². The molecular formula is C11H16FN3O3. The summed E-state index contributed by atoms with van der Waals surface area (Å²) in [4.78, 5) is 16.9. The molecule has 0 radical (unpaired) electrons. The molecule has 0 saturated heterocycles. The lowest BCUT2D eigenvalue weighted by atomic mass is 10.2. The van der Waals surface area contributed by atoms with Crippen LogP contribution in [0.4, 0.5) is 10.2 Å². The Morgan fingerprint density at radius 3 is 2.56 bits per heavy atom. The minimum absolute atomic E-state index is 0.0196. The van der Waals surface area contributed by atoms with E-state index in [1.54, 1.807) is 0 Å². The minimum Gasteiger partial charge on any atom is -0.395 e. The van der Waals surface area contributed by atoms with E-state index in [2.05, 4.69) is 10.3 Å². The maximum atomic E-state index is 13.9. The highest BCUT2D eigenvalue weighted by Gasteiger charge is 2.20. The number of hydrogen-bond donors (Lipinski definition) is 3. The number of nitrogens with zero attached hydrogens (tertiary/aromatic N) is 2. The van der Waals surface area contributed by atoms with Crippen molar-refractivity contribution in [2.45, 2.75) is 0 Å². The van der Waals surface area contributed by atoms with E-state index in [9.17, 15) is 9.18 Å². The van der Waals surface area contributed by atoms with Crippen LogP contribution in [0.1, 0.15) is 10.4 Å². The van der Waals surface area contributed by atoms with Crippen molar-refractivity contribution in [3.05, 3.63) is 23.6 Å². The molecule has 0 atom stereocenters. The Kier molecular flexibility index (Phi) is 5.47. The van der Waals surface area contributed by atoms with E-state index in [1.807, 2.05) is 0 Å². The highest BCUT2D eigenvalue weighted by Crippen LogP contribution is 2.16. The number of rotatable bonds is 6. The molecule has 0 aliphatic heterocycles. The molecule has 3 N–H and O–H groups in total. The van der Waals surface area contributed by atoms with Crippen molar-refractivity contribution in [1.82, 2.24) is 9.88 Å². The number of halogens is 1. The van der Waals surface area contributed by atoms with Gasteiger partial charge in [0.25, 0.3) is 5.91 Å². The van der Waals surface area contributed by atoms with Crippen LogP contribution in [0.3, 0.4) is 0 Å². The van der Waals surface area contributed by atoms with Gasteiger partial charge in [-0.15, -0.1) is 0 Å². The molecule has 0 aliphatic carbocycles. The van der Waals surface area contributed by atoms with Crippen LogP contribution in [0.5, 0.6) is 0 Å². The molecule has 1 aromatic rings. The van der Waals surface area contributed by atoms with Crippen molar-refractivity contribution in [3.63, 3.8) is 0 Å². The SMILES string of the molecule is CNc1nccc(C(=O)N(CCO)CCO)c1F. The van der Waals surface area contributed by atoms with E-state index in [1.165, 1.54) is 24.2 Å². The largest absolute Gasteiger partial charge is 0.395 e. The van der Waals surface area contributed by atoms with E-state index in [0.29, 0.717) is 0 Å². The summed E-state index contributed by atoms with van der Waals surface area (Å²) in [6.07, 6.45) is 1.32. The van der Waals surface area contributed by atoms with E-state index < -0.39 is 11.7 Å². The smallest absolute Gasteiger partial charge is 0.257 e. The lowest BCUT2D eigenvalue weighted by molar-refractivity contribution is 0.0680. The summed E-state index contributed by atoms with van der Waals surface area (Å²) in [5.74, 6) is -1.35. The molecule has 0 fully saturated rings. The molecule has 18 heavy (non-hydrogen) atoms. The number of aliphatic hydroxyl groups is 2. The predicted molar refractivity (Wildman–Crippen MR) is 63.8 cm³/mol. The second-order valence-corrected chi connectivity index (χ2v) is 3.51. The number of aliphatic hydroxyl groups excluding tert-OH is 2. The quantitative estimate of drug-likeness (QED) is 0.651. The Bertz CT molecular complexity index is 409. The van der Waals surface area contributed by atoms with Gasteiger partial charge in [0.2, 0.25) is 0 Å². The van der Waals surface area contributed by atoms with Gasteiger partial charge in [0.1, 0.15) is 0 Å². The van der Waals surface area contributed by atoms with Gasteiger partial charge in [0.05, 0.1) is 18.8 Å². The third-order valence-corrected chi connectivity index (χ3v) is 2.38. The third kappa shape index (κ3) is 3.14. The Morgan fingerprint density at radius 2 is 2.06 bits per heavy atom. The van der Waals surface area contributed by atoms with E-state index in [-0.39, 0.29) is 37.7 Å². The first-order chi connectivity index (χ1) is 8.65. The van der Waals surface area contributed by atoms with E-state index in [4.69, 9.17) is 10.2 Å². The molecule has 6 nitrogen and oxygen atoms in total. The average molecular weight is 257 g/mol. The van der Waals surface area contributed by atoms with Crippen molar-refractivity contribution >= 4 is 11.7 Å². The van der Waals surface area contributed by atoms with Crippen LogP contribution in [-0.4, -0.2) is 59.4 Å². The zero-order valence-corrected chi connectivity index (χ0v) is 10.1. The molecule has 0 unspecified atom stereocenters. The van der Waals surface area contributed by atoms with Crippen LogP contribution in [-0.2, 0) is 0 Å². The molecule has 0 saturated carbocycles. The summed E-state index contributed by atoms with van der Waals surface area (Å²) in [6, 6.07) is 1.26. The molecular weight excluding hydrogens is 241 g/mol. The fourth-order valence-electron chi connectivity index (χ4n) is 1.51. The molecule has 1 amide bonds. The van der Waals surface area contributed by atoms with E-state index >= 15 is 0 Å². The zero-order valence-electron chi connectivity index (χ0n) is 10.1. The second kappa shape index (κ2) is 6.87. The summed E-state index contributed by atoms with van der Waals surface area (Å²) >= 11 is 0. The lowest BCUT2D eigenvalue weighted by Crippen LogP contribution is -2.36. The summed E-state index contributed by atoms with van der Waals surface area (Å²) in [5.41, 5.74) is -0.142. The van der Waals surface area contributed by atoms with Crippen molar-refractivity contribution in [2.24, 2.45) is 0 Å². The van der Waals surface area contributed by atoms with E-state index in [0.717, 1.165) is 0 Å². The second-order valence-electron chi connectivity index (χ2n) is 3.51. The van der Waals surface area contributed by atoms with Gasteiger partial charge in [0.15, 0.2) is 11.6 Å². The maximum Gasteiger partial charge on any atom is 0.257 e. The number of nitrogens with one attached hydrogen (secondary N) is 1. The molecule has 100 valence electrons. The van der Waals surface area contributed by atoms with Crippen LogP contribution in [0.15, 0.2) is 12.3 Å². The molecule has 0 bridgehead atoms. The summed E-state index contributed by atoms with van der Waals surface area (Å²) < 4.78 is 13.9. The Morgan fingerprint density at radius 1 is 1.44 bits per heavy atom. The predicted octanol–water partition coefficient (Wildman–Crippen LogP) is -0.311. The Labute approximate surface area is 104 Å². The van der Waals surface area contributed by atoms with Gasteiger partial charge in [-0.05, 0) is 6.07 Å². The van der Waals surface area contributed by atoms with Gasteiger partial charge in [0, 0.05) is 26.3 Å². The first-order valence-corrected chi connectivity index (χ1v) is 5.49. The molecule has 0 aromatic carbocycles. The number of carbonyl (C=O) groups is 1. The normalized spacial score (nSPS) is 10.2. The lowest BCUT2D eigenvalue weighted by Gasteiger charge is -2.21. The standard InChI is InChI=1S/C11H16FN3O3/c1-13-10-9(12)8(2-3-14-10)11(18)15(4-6-16)5-7-17/h2-3,16-17H,4-7H2,1H3,(H,13,14). The highest BCUT2D eigenvalue weighted by atomic mass is 19.1. The van der Waals surface area contributed by atoms with Crippen molar-refractivity contribution < 1.29 is 19.4 Å². The number of pyridine rings is 1. The average Bonchev–Trinajstić information content (AvgIpc) is 2.38. The molecule has 0 spiro atoms. The summed E-state index contributed by atoms with van der Waals surface area (Å²) in [5, 5.41) is 20.2. The number of aromatic nitrogens is 1. The number of amides is 1. The van der Waals surface area contributed by atoms with Crippen LogP contribution in [0, 0.1) is 5.82 Å². The van der Waals surface area contributed by atoms with Crippen molar-refractivity contribution in [2.75, 3.05) is 38.7 Å². The molecule has 1 rings (SSSR count). The van der Waals surface area contributed by atoms with Crippen LogP contribution in [0.25, 0.3) is 0 Å². The molecule has 1 heterocycles. The number of anilines is 1. The van der Waals surface area contributed by atoms with Crippen LogP contribution in [0.2, 0.25) is 0 Å². The first-order valence-electron chi connectivity index (χ1n) is 5.49. The topological polar surface area (TPSA) is 85.7 Å². The van der Waals surface area contributed by atoms with Gasteiger partial charge >= 0.3 is 0 Å². The number of carbonyl (C=O) groups excluding carboxylic acids is 1. The Balaban J connectivity index is 3.00. The van der Waals surface area contributed by atoms with Crippen LogP contribution < -0.4 is 5.32 Å². The maximum absolute atomic E-state index is 13.9. The summed E-state index contributed by atoms with van der Waals surface area (Å²) in [6.45, 7) is -0.430. The van der Waals surface area contributed by atoms with Crippen LogP contribution >= 0.6 is 0 Å². The Hall–Kier alpha value is -1.73. The fraction of sp³-hybridized carbons (Fsp3) is 0.455. The number of hydrogen-bond acceptors (Lipinski definition) is 5. The minimum atomic E-state index is -0.745. The van der Waals surface area contributed by atoms with Gasteiger partial charge in [-0.3, -0.25) is 4.79 Å². The van der Waals surface area contributed by atoms with Gasteiger partial charge in [-0.2, -0.15) is 0 Å². The molecule has 1 aromatic heterocycles.